The summed E-state index contributed by atoms with van der Waals surface area (Å²) < 4.78 is 0. The predicted octanol–water partition coefficient (Wildman–Crippen LogP) is 0.917. The third kappa shape index (κ3) is 2.69. The van der Waals surface area contributed by atoms with Crippen molar-refractivity contribution < 1.29 is 19.2 Å². The maximum absolute atomic E-state index is 12.1. The summed E-state index contributed by atoms with van der Waals surface area (Å²) in [4.78, 5) is 48.2. The van der Waals surface area contributed by atoms with Crippen LogP contribution in [0.5, 0.6) is 0 Å². The molecule has 0 aromatic heterocycles. The highest BCUT2D eigenvalue weighted by molar-refractivity contribution is 6.44. The van der Waals surface area contributed by atoms with Crippen LogP contribution >= 0.6 is 0 Å². The van der Waals surface area contributed by atoms with E-state index in [1.165, 1.54) is 7.05 Å². The number of benzene rings is 1. The molecule has 0 atom stereocenters. The number of aryl methyl sites for hydroxylation is 2. The number of anilines is 1. The minimum atomic E-state index is -0.983. The average molecular weight is 303 g/mol. The van der Waals surface area contributed by atoms with Crippen LogP contribution in [0.25, 0.3) is 0 Å². The lowest BCUT2D eigenvalue weighted by Crippen LogP contribution is -2.38. The first-order valence-corrected chi connectivity index (χ1v) is 6.88. The van der Waals surface area contributed by atoms with Crippen molar-refractivity contribution in [1.29, 1.82) is 0 Å². The van der Waals surface area contributed by atoms with E-state index in [1.807, 2.05) is 32.0 Å². The second-order valence-electron chi connectivity index (χ2n) is 5.05. The molecule has 5 amide bonds. The zero-order valence-corrected chi connectivity index (χ0v) is 12.7. The van der Waals surface area contributed by atoms with Crippen molar-refractivity contribution in [3.63, 3.8) is 0 Å². The van der Waals surface area contributed by atoms with Gasteiger partial charge in [0, 0.05) is 12.7 Å². The van der Waals surface area contributed by atoms with Crippen molar-refractivity contribution in [2.45, 2.75) is 20.3 Å². The molecule has 0 bridgehead atoms. The van der Waals surface area contributed by atoms with Crippen molar-refractivity contribution in [2.75, 3.05) is 18.9 Å². The first-order chi connectivity index (χ1) is 10.4. The largest absolute Gasteiger partial charge is 0.334 e. The maximum atomic E-state index is 12.1. The summed E-state index contributed by atoms with van der Waals surface area (Å²) in [6, 6.07) is 4.86. The summed E-state index contributed by atoms with van der Waals surface area (Å²) in [6.45, 7) is 3.34. The fourth-order valence-corrected chi connectivity index (χ4v) is 2.28. The second-order valence-corrected chi connectivity index (χ2v) is 5.05. The zero-order valence-electron chi connectivity index (χ0n) is 12.7. The standard InChI is InChI=1S/C15H17N3O4/c1-4-10-7-5-6-9(2)12(10)16-11(19)8-18-14(21)13(20)17(3)15(18)22/h5-7H,4,8H2,1-3H3,(H,16,19). The number of nitrogens with zero attached hydrogens (tertiary/aromatic N) is 2. The quantitative estimate of drug-likeness (QED) is 0.662. The van der Waals surface area contributed by atoms with Crippen LogP contribution in [0, 0.1) is 6.92 Å². The van der Waals surface area contributed by atoms with Gasteiger partial charge in [0.25, 0.3) is 0 Å². The van der Waals surface area contributed by atoms with Gasteiger partial charge >= 0.3 is 17.8 Å². The smallest absolute Gasteiger partial charge is 0.324 e. The molecule has 1 aliphatic heterocycles. The summed E-state index contributed by atoms with van der Waals surface area (Å²) >= 11 is 0. The molecule has 7 heteroatoms. The van der Waals surface area contributed by atoms with E-state index in [0.717, 1.165) is 17.5 Å². The molecule has 1 heterocycles. The van der Waals surface area contributed by atoms with Crippen molar-refractivity contribution in [2.24, 2.45) is 0 Å². The van der Waals surface area contributed by atoms with Gasteiger partial charge in [0.05, 0.1) is 0 Å². The van der Waals surface area contributed by atoms with Crippen LogP contribution in [0.3, 0.4) is 0 Å². The molecule has 0 spiro atoms. The number of likely N-dealkylation sites (N-methyl/N-ethyl adjacent to an activating group) is 1. The Kier molecular flexibility index (Phi) is 4.25. The normalized spacial score (nSPS) is 14.8. The van der Waals surface area contributed by atoms with E-state index >= 15 is 0 Å². The number of carbonyl (C=O) groups is 4. The van der Waals surface area contributed by atoms with Gasteiger partial charge in [-0.05, 0) is 24.5 Å². The molecule has 7 nitrogen and oxygen atoms in total. The van der Waals surface area contributed by atoms with E-state index in [-0.39, 0.29) is 0 Å². The Morgan fingerprint density at radius 1 is 1.18 bits per heavy atom. The average Bonchev–Trinajstić information content (AvgIpc) is 2.67. The van der Waals surface area contributed by atoms with Gasteiger partial charge in [-0.15, -0.1) is 0 Å². The minimum absolute atomic E-state index is 0.481. The zero-order chi connectivity index (χ0) is 16.4. The van der Waals surface area contributed by atoms with Gasteiger partial charge in [-0.2, -0.15) is 0 Å². The summed E-state index contributed by atoms with van der Waals surface area (Å²) in [5, 5.41) is 2.71. The van der Waals surface area contributed by atoms with Crippen LogP contribution in [0.15, 0.2) is 18.2 Å². The summed E-state index contributed by atoms with van der Waals surface area (Å²) in [5.74, 6) is -2.43. The SMILES string of the molecule is CCc1cccc(C)c1NC(=O)CN1C(=O)C(=O)N(C)C1=O. The summed E-state index contributed by atoms with van der Waals surface area (Å²) in [6.07, 6.45) is 0.736. The van der Waals surface area contributed by atoms with E-state index in [2.05, 4.69) is 5.32 Å². The number of para-hydroxylation sites is 1. The minimum Gasteiger partial charge on any atom is -0.324 e. The molecule has 1 fully saturated rings. The first-order valence-electron chi connectivity index (χ1n) is 6.88. The van der Waals surface area contributed by atoms with Gasteiger partial charge < -0.3 is 5.32 Å². The Bertz CT molecular complexity index is 669. The van der Waals surface area contributed by atoms with Gasteiger partial charge in [-0.1, -0.05) is 25.1 Å². The molecule has 0 aliphatic carbocycles. The molecule has 0 unspecified atom stereocenters. The molecule has 1 N–H and O–H groups in total. The fourth-order valence-electron chi connectivity index (χ4n) is 2.28. The lowest BCUT2D eigenvalue weighted by molar-refractivity contribution is -0.143. The van der Waals surface area contributed by atoms with Crippen LogP contribution in [-0.2, 0) is 20.8 Å². The van der Waals surface area contributed by atoms with E-state index in [1.54, 1.807) is 0 Å². The summed E-state index contributed by atoms with van der Waals surface area (Å²) in [5.41, 5.74) is 2.52. The van der Waals surface area contributed by atoms with Crippen LogP contribution in [-0.4, -0.2) is 47.1 Å². The Hall–Kier alpha value is -2.70. The number of rotatable bonds is 4. The van der Waals surface area contributed by atoms with E-state index in [4.69, 9.17) is 0 Å². The number of amides is 5. The lowest BCUT2D eigenvalue weighted by atomic mass is 10.1. The van der Waals surface area contributed by atoms with Crippen LogP contribution in [0.1, 0.15) is 18.1 Å². The molecule has 0 radical (unpaired) electrons. The van der Waals surface area contributed by atoms with Crippen molar-refractivity contribution in [3.05, 3.63) is 29.3 Å². The molecule has 0 saturated carbocycles. The van der Waals surface area contributed by atoms with E-state index < -0.39 is 30.3 Å². The van der Waals surface area contributed by atoms with Gasteiger partial charge in [-0.25, -0.2) is 9.69 Å². The van der Waals surface area contributed by atoms with Gasteiger partial charge in [0.15, 0.2) is 0 Å². The summed E-state index contributed by atoms with van der Waals surface area (Å²) in [7, 11) is 1.21. The molecular weight excluding hydrogens is 286 g/mol. The number of carbonyl (C=O) groups excluding carboxylic acids is 4. The van der Waals surface area contributed by atoms with Crippen LogP contribution in [0.4, 0.5) is 10.5 Å². The third-order valence-corrected chi connectivity index (χ3v) is 3.56. The molecular formula is C15H17N3O4. The van der Waals surface area contributed by atoms with E-state index in [0.29, 0.717) is 15.5 Å². The topological polar surface area (TPSA) is 86.8 Å². The first kappa shape index (κ1) is 15.7. The van der Waals surface area contributed by atoms with Crippen LogP contribution in [0.2, 0.25) is 0 Å². The molecule has 2 rings (SSSR count). The molecule has 116 valence electrons. The predicted molar refractivity (Wildman–Crippen MR) is 79.1 cm³/mol. The van der Waals surface area contributed by atoms with Gasteiger partial charge in [-0.3, -0.25) is 19.3 Å². The molecule has 1 aromatic carbocycles. The number of hydrogen-bond donors (Lipinski definition) is 1. The molecule has 1 aromatic rings. The molecule has 1 aliphatic rings. The van der Waals surface area contributed by atoms with E-state index in [9.17, 15) is 19.2 Å². The highest BCUT2D eigenvalue weighted by atomic mass is 16.2. The maximum Gasteiger partial charge on any atom is 0.334 e. The fraction of sp³-hybridized carbons (Fsp3) is 0.333. The van der Waals surface area contributed by atoms with Crippen LogP contribution < -0.4 is 5.32 Å². The number of imide groups is 2. The number of hydrogen-bond acceptors (Lipinski definition) is 4. The molecule has 1 saturated heterocycles. The van der Waals surface area contributed by atoms with Crippen molar-refractivity contribution in [3.8, 4) is 0 Å². The monoisotopic (exact) mass is 303 g/mol. The van der Waals surface area contributed by atoms with Crippen molar-refractivity contribution in [1.82, 2.24) is 9.80 Å². The highest BCUT2D eigenvalue weighted by Crippen LogP contribution is 2.21. The highest BCUT2D eigenvalue weighted by Gasteiger charge is 2.43. The Morgan fingerprint density at radius 3 is 2.41 bits per heavy atom. The third-order valence-electron chi connectivity index (χ3n) is 3.56. The number of urea groups is 1. The Labute approximate surface area is 127 Å². The lowest BCUT2D eigenvalue weighted by Gasteiger charge is -2.16. The van der Waals surface area contributed by atoms with Crippen molar-refractivity contribution >= 4 is 29.4 Å². The Morgan fingerprint density at radius 2 is 1.86 bits per heavy atom. The Balaban J connectivity index is 2.13. The van der Waals surface area contributed by atoms with Gasteiger partial charge in [0.2, 0.25) is 5.91 Å². The number of nitrogens with one attached hydrogen (secondary N) is 1. The second kappa shape index (κ2) is 5.97. The molecule has 22 heavy (non-hydrogen) atoms. The van der Waals surface area contributed by atoms with Gasteiger partial charge in [0.1, 0.15) is 6.54 Å².